The fourth-order valence-electron chi connectivity index (χ4n) is 2.39. The number of rotatable bonds is 7. The standard InChI is InChI=1S/C14H27NO2/c1-4-7-14(2,3)13(16)6-5-8-15-9-11-17-12-10-15/h4-12H2,1-3H3. The number of ketones is 1. The Morgan fingerprint density at radius 3 is 2.53 bits per heavy atom. The van der Waals surface area contributed by atoms with Gasteiger partial charge in [-0.25, -0.2) is 0 Å². The van der Waals surface area contributed by atoms with Crippen LogP contribution in [0.3, 0.4) is 0 Å². The zero-order chi connectivity index (χ0) is 12.7. The maximum atomic E-state index is 12.1. The second-order valence-electron chi connectivity index (χ2n) is 5.61. The van der Waals surface area contributed by atoms with Crippen LogP contribution in [-0.4, -0.2) is 43.5 Å². The number of hydrogen-bond donors (Lipinski definition) is 0. The van der Waals surface area contributed by atoms with E-state index in [1.807, 2.05) is 0 Å². The second kappa shape index (κ2) is 7.12. The van der Waals surface area contributed by atoms with Gasteiger partial charge in [-0.1, -0.05) is 27.2 Å². The van der Waals surface area contributed by atoms with Crippen molar-refractivity contribution in [2.24, 2.45) is 5.41 Å². The van der Waals surface area contributed by atoms with Crippen molar-refractivity contribution in [3.8, 4) is 0 Å². The van der Waals surface area contributed by atoms with E-state index in [0.717, 1.165) is 58.5 Å². The third-order valence-corrected chi connectivity index (χ3v) is 3.61. The summed E-state index contributed by atoms with van der Waals surface area (Å²) in [5.41, 5.74) is -0.125. The largest absolute Gasteiger partial charge is 0.379 e. The van der Waals surface area contributed by atoms with E-state index < -0.39 is 0 Å². The first-order valence-corrected chi connectivity index (χ1v) is 6.89. The fourth-order valence-corrected chi connectivity index (χ4v) is 2.39. The topological polar surface area (TPSA) is 29.5 Å². The Bertz CT molecular complexity index is 232. The number of morpholine rings is 1. The Balaban J connectivity index is 2.18. The Kier molecular flexibility index (Phi) is 6.14. The molecule has 0 aliphatic carbocycles. The van der Waals surface area contributed by atoms with Crippen LogP contribution in [0.4, 0.5) is 0 Å². The van der Waals surface area contributed by atoms with Crippen molar-refractivity contribution >= 4 is 5.78 Å². The molecule has 1 aliphatic rings. The third kappa shape index (κ3) is 5.17. The second-order valence-corrected chi connectivity index (χ2v) is 5.61. The fraction of sp³-hybridized carbons (Fsp3) is 0.929. The molecule has 0 aromatic heterocycles. The molecular weight excluding hydrogens is 214 g/mol. The van der Waals surface area contributed by atoms with Crippen LogP contribution in [0, 0.1) is 5.41 Å². The molecule has 1 saturated heterocycles. The molecule has 1 heterocycles. The lowest BCUT2D eigenvalue weighted by molar-refractivity contribution is -0.127. The molecule has 0 N–H and O–H groups in total. The smallest absolute Gasteiger partial charge is 0.138 e. The summed E-state index contributed by atoms with van der Waals surface area (Å²) in [5, 5.41) is 0. The molecule has 0 bridgehead atoms. The predicted molar refractivity (Wildman–Crippen MR) is 70.2 cm³/mol. The zero-order valence-electron chi connectivity index (χ0n) is 11.6. The molecule has 0 aromatic rings. The number of Topliss-reactive ketones (excluding diaryl/α,β-unsaturated/α-hetero) is 1. The molecule has 0 amide bonds. The summed E-state index contributed by atoms with van der Waals surface area (Å²) in [6.07, 6.45) is 3.81. The number of ether oxygens (including phenoxy) is 1. The van der Waals surface area contributed by atoms with Crippen LogP contribution in [-0.2, 0) is 9.53 Å². The van der Waals surface area contributed by atoms with Gasteiger partial charge in [-0.05, 0) is 19.4 Å². The minimum atomic E-state index is -0.125. The summed E-state index contributed by atoms with van der Waals surface area (Å²) in [4.78, 5) is 14.4. The first kappa shape index (κ1) is 14.7. The first-order chi connectivity index (χ1) is 8.06. The van der Waals surface area contributed by atoms with Crippen LogP contribution in [0.25, 0.3) is 0 Å². The molecule has 3 nitrogen and oxygen atoms in total. The van der Waals surface area contributed by atoms with Crippen molar-refractivity contribution in [2.75, 3.05) is 32.8 Å². The van der Waals surface area contributed by atoms with Crippen LogP contribution in [0.1, 0.15) is 46.5 Å². The number of hydrogen-bond acceptors (Lipinski definition) is 3. The predicted octanol–water partition coefficient (Wildman–Crippen LogP) is 2.49. The Morgan fingerprint density at radius 1 is 1.29 bits per heavy atom. The zero-order valence-corrected chi connectivity index (χ0v) is 11.6. The van der Waals surface area contributed by atoms with Crippen molar-refractivity contribution in [3.05, 3.63) is 0 Å². The van der Waals surface area contributed by atoms with Crippen LogP contribution in [0.5, 0.6) is 0 Å². The van der Waals surface area contributed by atoms with E-state index in [4.69, 9.17) is 4.74 Å². The highest BCUT2D eigenvalue weighted by Gasteiger charge is 2.25. The minimum absolute atomic E-state index is 0.125. The summed E-state index contributed by atoms with van der Waals surface area (Å²) in [7, 11) is 0. The highest BCUT2D eigenvalue weighted by atomic mass is 16.5. The quantitative estimate of drug-likeness (QED) is 0.686. The lowest BCUT2D eigenvalue weighted by Gasteiger charge is -2.27. The van der Waals surface area contributed by atoms with Gasteiger partial charge in [-0.15, -0.1) is 0 Å². The van der Waals surface area contributed by atoms with Crippen LogP contribution >= 0.6 is 0 Å². The molecule has 3 heteroatoms. The van der Waals surface area contributed by atoms with Gasteiger partial charge < -0.3 is 4.74 Å². The minimum Gasteiger partial charge on any atom is -0.379 e. The summed E-state index contributed by atoms with van der Waals surface area (Å²) in [5.74, 6) is 0.424. The molecule has 0 atom stereocenters. The lowest BCUT2D eigenvalue weighted by atomic mass is 9.81. The molecule has 0 saturated carbocycles. The Hall–Kier alpha value is -0.410. The van der Waals surface area contributed by atoms with Crippen molar-refractivity contribution in [1.29, 1.82) is 0 Å². The monoisotopic (exact) mass is 241 g/mol. The molecule has 1 aliphatic heterocycles. The Morgan fingerprint density at radius 2 is 1.94 bits per heavy atom. The van der Waals surface area contributed by atoms with Gasteiger partial charge in [-0.2, -0.15) is 0 Å². The van der Waals surface area contributed by atoms with Gasteiger partial charge in [0, 0.05) is 24.9 Å². The maximum Gasteiger partial charge on any atom is 0.138 e. The van der Waals surface area contributed by atoms with Gasteiger partial charge in [0.15, 0.2) is 0 Å². The van der Waals surface area contributed by atoms with Gasteiger partial charge in [-0.3, -0.25) is 9.69 Å². The summed E-state index contributed by atoms with van der Waals surface area (Å²) in [6.45, 7) is 11.1. The molecule has 0 radical (unpaired) electrons. The normalized spacial score (nSPS) is 18.3. The third-order valence-electron chi connectivity index (χ3n) is 3.61. The van der Waals surface area contributed by atoms with Crippen molar-refractivity contribution in [3.63, 3.8) is 0 Å². The SMILES string of the molecule is CCCC(C)(C)C(=O)CCCN1CCOCC1. The van der Waals surface area contributed by atoms with Crippen LogP contribution in [0.15, 0.2) is 0 Å². The van der Waals surface area contributed by atoms with Gasteiger partial charge >= 0.3 is 0 Å². The number of carbonyl (C=O) groups is 1. The molecule has 0 spiro atoms. The van der Waals surface area contributed by atoms with E-state index in [0.29, 0.717) is 5.78 Å². The van der Waals surface area contributed by atoms with Crippen molar-refractivity contribution < 1.29 is 9.53 Å². The summed E-state index contributed by atoms with van der Waals surface area (Å²) in [6, 6.07) is 0. The van der Waals surface area contributed by atoms with Crippen molar-refractivity contribution in [1.82, 2.24) is 4.90 Å². The van der Waals surface area contributed by atoms with Gasteiger partial charge in [0.1, 0.15) is 5.78 Å². The summed E-state index contributed by atoms with van der Waals surface area (Å²) >= 11 is 0. The number of carbonyl (C=O) groups excluding carboxylic acids is 1. The average Bonchev–Trinajstić information content (AvgIpc) is 2.30. The van der Waals surface area contributed by atoms with Gasteiger partial charge in [0.05, 0.1) is 13.2 Å². The van der Waals surface area contributed by atoms with E-state index in [2.05, 4.69) is 25.7 Å². The molecule has 1 fully saturated rings. The number of nitrogens with zero attached hydrogens (tertiary/aromatic N) is 1. The highest BCUT2D eigenvalue weighted by Crippen LogP contribution is 2.25. The van der Waals surface area contributed by atoms with E-state index in [-0.39, 0.29) is 5.41 Å². The molecular formula is C14H27NO2. The lowest BCUT2D eigenvalue weighted by Crippen LogP contribution is -2.37. The summed E-state index contributed by atoms with van der Waals surface area (Å²) < 4.78 is 5.30. The first-order valence-electron chi connectivity index (χ1n) is 6.89. The molecule has 100 valence electrons. The molecule has 0 unspecified atom stereocenters. The van der Waals surface area contributed by atoms with Crippen molar-refractivity contribution in [2.45, 2.75) is 46.5 Å². The van der Waals surface area contributed by atoms with E-state index >= 15 is 0 Å². The highest BCUT2D eigenvalue weighted by molar-refractivity contribution is 5.83. The van der Waals surface area contributed by atoms with Gasteiger partial charge in [0.25, 0.3) is 0 Å². The molecule has 0 aromatic carbocycles. The molecule has 1 rings (SSSR count). The Labute approximate surface area is 106 Å². The van der Waals surface area contributed by atoms with Crippen LogP contribution in [0.2, 0.25) is 0 Å². The van der Waals surface area contributed by atoms with Gasteiger partial charge in [0.2, 0.25) is 0 Å². The van der Waals surface area contributed by atoms with E-state index in [1.165, 1.54) is 0 Å². The molecule has 17 heavy (non-hydrogen) atoms. The maximum absolute atomic E-state index is 12.1. The van der Waals surface area contributed by atoms with Crippen LogP contribution < -0.4 is 0 Å². The van der Waals surface area contributed by atoms with E-state index in [9.17, 15) is 4.79 Å². The van der Waals surface area contributed by atoms with E-state index in [1.54, 1.807) is 0 Å². The average molecular weight is 241 g/mol.